The third-order valence-electron chi connectivity index (χ3n) is 2.91. The highest BCUT2D eigenvalue weighted by molar-refractivity contribution is 5.20. The van der Waals surface area contributed by atoms with E-state index in [4.69, 9.17) is 0 Å². The molecule has 0 radical (unpaired) electrons. The lowest BCUT2D eigenvalue weighted by molar-refractivity contribution is 0.163. The van der Waals surface area contributed by atoms with Gasteiger partial charge in [0, 0.05) is 45.0 Å². The molecule has 3 heteroatoms. The molecule has 0 saturated carbocycles. The third-order valence-corrected chi connectivity index (χ3v) is 2.91. The predicted molar refractivity (Wildman–Crippen MR) is 70.4 cm³/mol. The van der Waals surface area contributed by atoms with Gasteiger partial charge in [0.25, 0.3) is 0 Å². The number of nitrogens with one attached hydrogen (secondary N) is 1. The Bertz CT molecular complexity index is 250. The smallest absolute Gasteiger partial charge is 0.0360 e. The summed E-state index contributed by atoms with van der Waals surface area (Å²) in [5.41, 5.74) is 1.18. The molecule has 16 heavy (non-hydrogen) atoms. The molecule has 1 aliphatic heterocycles. The van der Waals surface area contributed by atoms with Crippen molar-refractivity contribution in [2.24, 2.45) is 0 Å². The first kappa shape index (κ1) is 13.0. The van der Waals surface area contributed by atoms with Crippen molar-refractivity contribution in [3.8, 4) is 0 Å². The molecular formula is C13H23N3. The number of hydrogen-bond acceptors (Lipinski definition) is 3. The monoisotopic (exact) mass is 221 g/mol. The van der Waals surface area contributed by atoms with Gasteiger partial charge >= 0.3 is 0 Å². The van der Waals surface area contributed by atoms with E-state index in [2.05, 4.69) is 28.3 Å². The second kappa shape index (κ2) is 7.25. The summed E-state index contributed by atoms with van der Waals surface area (Å²) in [5, 5.41) is 3.18. The molecule has 1 heterocycles. The number of rotatable bonds is 6. The molecule has 0 unspecified atom stereocenters. The lowest BCUT2D eigenvalue weighted by Crippen LogP contribution is -2.47. The Morgan fingerprint density at radius 1 is 1.25 bits per heavy atom. The van der Waals surface area contributed by atoms with Crippen LogP contribution < -0.4 is 5.32 Å². The minimum Gasteiger partial charge on any atom is -0.369 e. The van der Waals surface area contributed by atoms with Crippen LogP contribution in [0, 0.1) is 0 Å². The number of hydrogen-bond donors (Lipinski definition) is 1. The molecule has 0 spiro atoms. The van der Waals surface area contributed by atoms with Crippen molar-refractivity contribution in [2.45, 2.75) is 0 Å². The zero-order valence-corrected chi connectivity index (χ0v) is 10.3. The van der Waals surface area contributed by atoms with Crippen LogP contribution in [0.5, 0.6) is 0 Å². The van der Waals surface area contributed by atoms with E-state index >= 15 is 0 Å². The Balaban J connectivity index is 2.38. The van der Waals surface area contributed by atoms with E-state index in [1.807, 2.05) is 25.3 Å². The molecule has 0 aromatic rings. The van der Waals surface area contributed by atoms with Gasteiger partial charge in [0.2, 0.25) is 0 Å². The molecule has 3 nitrogen and oxygen atoms in total. The van der Waals surface area contributed by atoms with E-state index in [9.17, 15) is 0 Å². The van der Waals surface area contributed by atoms with Gasteiger partial charge in [0.15, 0.2) is 0 Å². The van der Waals surface area contributed by atoms with Crippen LogP contribution in [-0.4, -0.2) is 56.1 Å². The van der Waals surface area contributed by atoms with Crippen molar-refractivity contribution < 1.29 is 0 Å². The summed E-state index contributed by atoms with van der Waals surface area (Å²) < 4.78 is 0. The van der Waals surface area contributed by atoms with Crippen LogP contribution >= 0.6 is 0 Å². The Morgan fingerprint density at radius 3 is 2.44 bits per heavy atom. The van der Waals surface area contributed by atoms with Crippen molar-refractivity contribution in [1.29, 1.82) is 0 Å². The molecule has 1 N–H and O–H groups in total. The quantitative estimate of drug-likeness (QED) is 0.677. The van der Waals surface area contributed by atoms with Crippen molar-refractivity contribution in [2.75, 3.05) is 46.3 Å². The van der Waals surface area contributed by atoms with E-state index in [-0.39, 0.29) is 0 Å². The maximum absolute atomic E-state index is 3.84. The molecule has 0 aliphatic carbocycles. The SMILES string of the molecule is C=C/C=C(\C=C)N1CCN(CCNC)CC1. The Kier molecular flexibility index (Phi) is 5.90. The maximum Gasteiger partial charge on any atom is 0.0360 e. The van der Waals surface area contributed by atoms with Crippen molar-refractivity contribution in [1.82, 2.24) is 15.1 Å². The van der Waals surface area contributed by atoms with Crippen LogP contribution in [0.15, 0.2) is 37.1 Å². The maximum atomic E-state index is 3.84. The van der Waals surface area contributed by atoms with Crippen LogP contribution in [-0.2, 0) is 0 Å². The standard InChI is InChI=1S/C13H23N3/c1-4-6-13(5-2)16-11-9-15(10-12-16)8-7-14-3/h4-6,14H,1-2,7-12H2,3H3/b13-6+. The molecule has 1 fully saturated rings. The van der Waals surface area contributed by atoms with E-state index in [1.165, 1.54) is 5.70 Å². The second-order valence-corrected chi connectivity index (χ2v) is 3.96. The molecule has 0 bridgehead atoms. The van der Waals surface area contributed by atoms with Gasteiger partial charge in [-0.2, -0.15) is 0 Å². The van der Waals surface area contributed by atoms with Gasteiger partial charge in [-0.25, -0.2) is 0 Å². The average Bonchev–Trinajstić information content (AvgIpc) is 2.34. The predicted octanol–water partition coefficient (Wildman–Crippen LogP) is 1.08. The van der Waals surface area contributed by atoms with Gasteiger partial charge in [0.05, 0.1) is 0 Å². The normalized spacial score (nSPS) is 18.6. The number of allylic oxidation sites excluding steroid dienone is 3. The fourth-order valence-electron chi connectivity index (χ4n) is 1.92. The lowest BCUT2D eigenvalue weighted by Gasteiger charge is -2.36. The third kappa shape index (κ3) is 3.83. The van der Waals surface area contributed by atoms with E-state index in [1.54, 1.807) is 0 Å². The zero-order chi connectivity index (χ0) is 11.8. The summed E-state index contributed by atoms with van der Waals surface area (Å²) >= 11 is 0. The summed E-state index contributed by atoms with van der Waals surface area (Å²) in [6, 6.07) is 0. The summed E-state index contributed by atoms with van der Waals surface area (Å²) in [6.45, 7) is 14.2. The zero-order valence-electron chi connectivity index (χ0n) is 10.3. The molecule has 90 valence electrons. The number of likely N-dealkylation sites (N-methyl/N-ethyl adjacent to an activating group) is 1. The van der Waals surface area contributed by atoms with Crippen molar-refractivity contribution in [3.63, 3.8) is 0 Å². The minimum atomic E-state index is 1.07. The van der Waals surface area contributed by atoms with Crippen LogP contribution in [0.1, 0.15) is 0 Å². The second-order valence-electron chi connectivity index (χ2n) is 3.96. The average molecular weight is 221 g/mol. The molecule has 0 atom stereocenters. The summed E-state index contributed by atoms with van der Waals surface area (Å²) in [5.74, 6) is 0. The lowest BCUT2D eigenvalue weighted by atomic mass is 10.2. The highest BCUT2D eigenvalue weighted by Gasteiger charge is 2.16. The number of piperazine rings is 1. The first-order valence-electron chi connectivity index (χ1n) is 5.89. The van der Waals surface area contributed by atoms with Gasteiger partial charge in [0.1, 0.15) is 0 Å². The fourth-order valence-corrected chi connectivity index (χ4v) is 1.92. The summed E-state index contributed by atoms with van der Waals surface area (Å²) in [4.78, 5) is 4.85. The van der Waals surface area contributed by atoms with Gasteiger partial charge < -0.3 is 10.2 Å². The fraction of sp³-hybridized carbons (Fsp3) is 0.538. The molecule has 0 aromatic heterocycles. The largest absolute Gasteiger partial charge is 0.369 e. The molecule has 1 aliphatic rings. The first-order chi connectivity index (χ1) is 7.81. The molecule has 1 rings (SSSR count). The van der Waals surface area contributed by atoms with Gasteiger partial charge in [-0.15, -0.1) is 0 Å². The van der Waals surface area contributed by atoms with Crippen molar-refractivity contribution in [3.05, 3.63) is 37.1 Å². The van der Waals surface area contributed by atoms with Crippen LogP contribution in [0.3, 0.4) is 0 Å². The van der Waals surface area contributed by atoms with Gasteiger partial charge in [-0.1, -0.05) is 19.2 Å². The summed E-state index contributed by atoms with van der Waals surface area (Å²) in [7, 11) is 2.00. The highest BCUT2D eigenvalue weighted by Crippen LogP contribution is 2.10. The van der Waals surface area contributed by atoms with Crippen LogP contribution in [0.2, 0.25) is 0 Å². The van der Waals surface area contributed by atoms with E-state index in [0.29, 0.717) is 0 Å². The van der Waals surface area contributed by atoms with Gasteiger partial charge in [-0.3, -0.25) is 4.90 Å². The van der Waals surface area contributed by atoms with Crippen LogP contribution in [0.4, 0.5) is 0 Å². The first-order valence-corrected chi connectivity index (χ1v) is 5.89. The topological polar surface area (TPSA) is 18.5 Å². The van der Waals surface area contributed by atoms with E-state index < -0.39 is 0 Å². The van der Waals surface area contributed by atoms with Crippen molar-refractivity contribution >= 4 is 0 Å². The number of nitrogens with zero attached hydrogens (tertiary/aromatic N) is 2. The Hall–Kier alpha value is -1.06. The van der Waals surface area contributed by atoms with Gasteiger partial charge in [-0.05, 0) is 19.2 Å². The molecular weight excluding hydrogens is 198 g/mol. The Labute approximate surface area is 99.1 Å². The Morgan fingerprint density at radius 2 is 1.94 bits per heavy atom. The minimum absolute atomic E-state index is 1.07. The summed E-state index contributed by atoms with van der Waals surface area (Å²) in [6.07, 6.45) is 5.76. The van der Waals surface area contributed by atoms with Crippen LogP contribution in [0.25, 0.3) is 0 Å². The van der Waals surface area contributed by atoms with E-state index in [0.717, 1.165) is 39.3 Å². The molecule has 0 amide bonds. The molecule has 1 saturated heterocycles. The molecule has 0 aromatic carbocycles. The highest BCUT2D eigenvalue weighted by atomic mass is 15.3.